The topological polar surface area (TPSA) is 94.0 Å². The first-order valence-electron chi connectivity index (χ1n) is 11.1. The minimum Gasteiger partial charge on any atom is -0.339 e. The molecule has 6 nitrogen and oxygen atoms in total. The maximum absolute atomic E-state index is 12.6. The molecule has 0 spiro atoms. The van der Waals surface area contributed by atoms with E-state index in [1.165, 1.54) is 0 Å². The molecule has 2 fully saturated rings. The molecule has 0 unspecified atom stereocenters. The molecule has 1 aliphatic carbocycles. The molecule has 3 aliphatic rings. The zero-order chi connectivity index (χ0) is 21.4. The van der Waals surface area contributed by atoms with Crippen molar-refractivity contribution in [2.75, 3.05) is 5.32 Å². The van der Waals surface area contributed by atoms with Gasteiger partial charge in [0, 0.05) is 24.6 Å². The molecule has 0 radical (unpaired) electrons. The highest BCUT2D eigenvalue weighted by Crippen LogP contribution is 2.35. The van der Waals surface area contributed by atoms with Crippen molar-refractivity contribution in [3.63, 3.8) is 0 Å². The number of nitriles is 1. The van der Waals surface area contributed by atoms with Gasteiger partial charge in [-0.1, -0.05) is 36.4 Å². The van der Waals surface area contributed by atoms with Crippen molar-refractivity contribution in [3.05, 3.63) is 53.6 Å². The van der Waals surface area contributed by atoms with Crippen LogP contribution < -0.4 is 16.0 Å². The van der Waals surface area contributed by atoms with E-state index >= 15 is 0 Å². The SMILES string of the molecule is N#C[C@H](Cc1ccc(-c2ccc3c(c2)NC(=O)CC3)cc1)NC(=O)[C@H]1N[C@@H]2CC[C@H]1C2. The van der Waals surface area contributed by atoms with Crippen molar-refractivity contribution in [2.45, 2.75) is 56.7 Å². The molecule has 2 aliphatic heterocycles. The molecule has 6 heteroatoms. The summed E-state index contributed by atoms with van der Waals surface area (Å²) in [6.45, 7) is 0. The van der Waals surface area contributed by atoms with Crippen LogP contribution in [0.1, 0.15) is 36.8 Å². The van der Waals surface area contributed by atoms with Gasteiger partial charge in [-0.3, -0.25) is 9.59 Å². The van der Waals surface area contributed by atoms with Gasteiger partial charge in [-0.15, -0.1) is 0 Å². The highest BCUT2D eigenvalue weighted by molar-refractivity contribution is 5.94. The Morgan fingerprint density at radius 3 is 2.65 bits per heavy atom. The van der Waals surface area contributed by atoms with E-state index in [0.717, 1.165) is 53.6 Å². The molecular formula is C25H26N4O2. The molecule has 0 aromatic heterocycles. The minimum atomic E-state index is -0.543. The quantitative estimate of drug-likeness (QED) is 0.701. The molecule has 2 aromatic rings. The standard InChI is InChI=1S/C25H26N4O2/c26-14-21(28-25(31)24-19-7-9-20(12-19)27-24)11-15-1-3-16(4-2-15)18-6-5-17-8-10-23(30)29-22(17)13-18/h1-6,13,19-21,24,27H,7-12H2,(H,28,31)(H,29,30)/t19-,20+,21-,24-/m0/s1. The van der Waals surface area contributed by atoms with Gasteiger partial charge in [0.25, 0.3) is 0 Å². The molecular weight excluding hydrogens is 388 g/mol. The van der Waals surface area contributed by atoms with Gasteiger partial charge in [0.15, 0.2) is 0 Å². The van der Waals surface area contributed by atoms with Crippen LogP contribution in [-0.2, 0) is 22.4 Å². The Morgan fingerprint density at radius 1 is 1.13 bits per heavy atom. The van der Waals surface area contributed by atoms with Crippen LogP contribution in [0.3, 0.4) is 0 Å². The lowest BCUT2D eigenvalue weighted by molar-refractivity contribution is -0.124. The Hall–Kier alpha value is -3.17. The van der Waals surface area contributed by atoms with Crippen molar-refractivity contribution in [1.82, 2.24) is 10.6 Å². The Bertz CT molecular complexity index is 1060. The fourth-order valence-corrected chi connectivity index (χ4v) is 5.16. The van der Waals surface area contributed by atoms with E-state index in [2.05, 4.69) is 34.2 Å². The van der Waals surface area contributed by atoms with Crippen LogP contribution in [0, 0.1) is 17.2 Å². The second-order valence-corrected chi connectivity index (χ2v) is 8.93. The number of anilines is 1. The lowest BCUT2D eigenvalue weighted by atomic mass is 9.96. The van der Waals surface area contributed by atoms with E-state index in [0.29, 0.717) is 24.8 Å². The van der Waals surface area contributed by atoms with Gasteiger partial charge < -0.3 is 16.0 Å². The number of carbonyl (C=O) groups excluding carboxylic acids is 2. The van der Waals surface area contributed by atoms with Crippen LogP contribution >= 0.6 is 0 Å². The maximum Gasteiger partial charge on any atom is 0.238 e. The summed E-state index contributed by atoms with van der Waals surface area (Å²) in [5, 5.41) is 18.8. The smallest absolute Gasteiger partial charge is 0.238 e. The molecule has 1 saturated carbocycles. The van der Waals surface area contributed by atoms with Gasteiger partial charge in [-0.05, 0) is 59.9 Å². The van der Waals surface area contributed by atoms with Crippen molar-refractivity contribution < 1.29 is 9.59 Å². The lowest BCUT2D eigenvalue weighted by Gasteiger charge is -2.23. The highest BCUT2D eigenvalue weighted by Gasteiger charge is 2.43. The second kappa shape index (κ2) is 8.16. The third-order valence-electron chi connectivity index (χ3n) is 6.85. The number of hydrogen-bond acceptors (Lipinski definition) is 4. The number of hydrogen-bond donors (Lipinski definition) is 3. The predicted molar refractivity (Wildman–Crippen MR) is 118 cm³/mol. The fraction of sp³-hybridized carbons (Fsp3) is 0.400. The zero-order valence-electron chi connectivity index (χ0n) is 17.4. The summed E-state index contributed by atoms with van der Waals surface area (Å²) in [5.74, 6) is 0.418. The van der Waals surface area contributed by atoms with Gasteiger partial charge in [0.1, 0.15) is 6.04 Å². The van der Waals surface area contributed by atoms with Gasteiger partial charge in [0.05, 0.1) is 12.1 Å². The third-order valence-corrected chi connectivity index (χ3v) is 6.85. The number of fused-ring (bicyclic) bond motifs is 3. The summed E-state index contributed by atoms with van der Waals surface area (Å²) in [7, 11) is 0. The average Bonchev–Trinajstić information content (AvgIpc) is 3.42. The molecule has 158 valence electrons. The Labute approximate surface area is 182 Å². The van der Waals surface area contributed by atoms with E-state index in [1.807, 2.05) is 30.3 Å². The van der Waals surface area contributed by atoms with Crippen LogP contribution in [0.15, 0.2) is 42.5 Å². The number of carbonyl (C=O) groups is 2. The summed E-state index contributed by atoms with van der Waals surface area (Å²) >= 11 is 0. The monoisotopic (exact) mass is 414 g/mol. The maximum atomic E-state index is 12.6. The molecule has 5 rings (SSSR count). The van der Waals surface area contributed by atoms with Gasteiger partial charge >= 0.3 is 0 Å². The van der Waals surface area contributed by atoms with Crippen LogP contribution in [0.2, 0.25) is 0 Å². The second-order valence-electron chi connectivity index (χ2n) is 8.93. The van der Waals surface area contributed by atoms with E-state index in [-0.39, 0.29) is 17.9 Å². The number of nitrogens with one attached hydrogen (secondary N) is 3. The Balaban J connectivity index is 1.23. The number of benzene rings is 2. The summed E-state index contributed by atoms with van der Waals surface area (Å²) in [6.07, 6.45) is 5.11. The first-order valence-corrected chi connectivity index (χ1v) is 11.1. The van der Waals surface area contributed by atoms with Crippen LogP contribution in [0.25, 0.3) is 11.1 Å². The van der Waals surface area contributed by atoms with Crippen molar-refractivity contribution in [3.8, 4) is 17.2 Å². The summed E-state index contributed by atoms with van der Waals surface area (Å²) in [4.78, 5) is 24.3. The largest absolute Gasteiger partial charge is 0.339 e. The number of amides is 2. The van der Waals surface area contributed by atoms with E-state index in [4.69, 9.17) is 0 Å². The molecule has 4 atom stereocenters. The van der Waals surface area contributed by atoms with Crippen LogP contribution in [0.4, 0.5) is 5.69 Å². The molecule has 1 saturated heterocycles. The molecule has 2 amide bonds. The van der Waals surface area contributed by atoms with Gasteiger partial charge in [-0.2, -0.15) is 5.26 Å². The minimum absolute atomic E-state index is 0.0496. The summed E-state index contributed by atoms with van der Waals surface area (Å²) in [6, 6.07) is 16.2. The first kappa shape index (κ1) is 19.8. The normalized spacial score (nSPS) is 24.7. The first-order chi connectivity index (χ1) is 15.1. The average molecular weight is 415 g/mol. The number of rotatable bonds is 5. The van der Waals surface area contributed by atoms with E-state index in [9.17, 15) is 14.9 Å². The highest BCUT2D eigenvalue weighted by atomic mass is 16.2. The molecule has 2 aromatic carbocycles. The third kappa shape index (κ3) is 4.06. The lowest BCUT2D eigenvalue weighted by Crippen LogP contribution is -2.50. The van der Waals surface area contributed by atoms with E-state index < -0.39 is 6.04 Å². The molecule has 2 heterocycles. The molecule has 31 heavy (non-hydrogen) atoms. The van der Waals surface area contributed by atoms with Crippen LogP contribution in [-0.4, -0.2) is 29.9 Å². The van der Waals surface area contributed by atoms with Gasteiger partial charge in [-0.25, -0.2) is 0 Å². The fourth-order valence-electron chi connectivity index (χ4n) is 5.16. The molecule has 3 N–H and O–H groups in total. The predicted octanol–water partition coefficient (Wildman–Crippen LogP) is 2.93. The van der Waals surface area contributed by atoms with E-state index in [1.54, 1.807) is 0 Å². The number of nitrogens with zero attached hydrogens (tertiary/aromatic N) is 1. The zero-order valence-corrected chi connectivity index (χ0v) is 17.4. The Kier molecular flexibility index (Phi) is 5.21. The molecule has 2 bridgehead atoms. The Morgan fingerprint density at radius 2 is 1.94 bits per heavy atom. The number of piperidine rings is 1. The van der Waals surface area contributed by atoms with Crippen molar-refractivity contribution in [2.24, 2.45) is 5.92 Å². The van der Waals surface area contributed by atoms with Crippen molar-refractivity contribution in [1.29, 1.82) is 5.26 Å². The number of aryl methyl sites for hydroxylation is 1. The van der Waals surface area contributed by atoms with Gasteiger partial charge in [0.2, 0.25) is 11.8 Å². The van der Waals surface area contributed by atoms with Crippen LogP contribution in [0.5, 0.6) is 0 Å². The summed E-state index contributed by atoms with van der Waals surface area (Å²) < 4.78 is 0. The summed E-state index contributed by atoms with van der Waals surface area (Å²) in [5.41, 5.74) is 5.15. The van der Waals surface area contributed by atoms with Crippen molar-refractivity contribution >= 4 is 17.5 Å².